The molecule has 1 saturated heterocycles. The van der Waals surface area contributed by atoms with Crippen LogP contribution in [-0.2, 0) is 0 Å². The first-order valence-corrected chi connectivity index (χ1v) is 8.30. The monoisotopic (exact) mass is 310 g/mol. The van der Waals surface area contributed by atoms with E-state index in [9.17, 15) is 9.59 Å². The average molecular weight is 310 g/mol. The van der Waals surface area contributed by atoms with Crippen LogP contribution in [0.3, 0.4) is 0 Å². The Morgan fingerprint density at radius 1 is 1.17 bits per heavy atom. The number of pyridine rings is 1. The second-order valence-corrected chi connectivity index (χ2v) is 6.04. The van der Waals surface area contributed by atoms with Crippen molar-refractivity contribution in [1.82, 2.24) is 9.88 Å². The van der Waals surface area contributed by atoms with Crippen molar-refractivity contribution >= 4 is 5.91 Å². The van der Waals surface area contributed by atoms with Crippen molar-refractivity contribution in [2.24, 2.45) is 0 Å². The number of aromatic amines is 1. The predicted octanol–water partition coefficient (Wildman–Crippen LogP) is 3.45. The van der Waals surface area contributed by atoms with Crippen molar-refractivity contribution in [3.05, 3.63) is 58.4 Å². The molecule has 1 aromatic carbocycles. The Kier molecular flexibility index (Phi) is 4.60. The fourth-order valence-corrected chi connectivity index (χ4v) is 3.28. The molecule has 0 spiro atoms. The quantitative estimate of drug-likeness (QED) is 0.944. The fraction of sp³-hybridized carbons (Fsp3) is 0.368. The van der Waals surface area contributed by atoms with Crippen LogP contribution in [0.2, 0.25) is 0 Å². The normalized spacial score (nSPS) is 18.0. The van der Waals surface area contributed by atoms with Gasteiger partial charge < -0.3 is 9.88 Å². The van der Waals surface area contributed by atoms with Gasteiger partial charge in [-0.3, -0.25) is 9.59 Å². The van der Waals surface area contributed by atoms with E-state index in [1.807, 2.05) is 41.3 Å². The Morgan fingerprint density at radius 3 is 2.65 bits per heavy atom. The highest BCUT2D eigenvalue weighted by atomic mass is 16.2. The van der Waals surface area contributed by atoms with E-state index in [0.717, 1.165) is 43.5 Å². The van der Waals surface area contributed by atoms with Crippen LogP contribution in [0.15, 0.2) is 47.3 Å². The number of piperidine rings is 1. The first kappa shape index (κ1) is 15.5. The van der Waals surface area contributed by atoms with Gasteiger partial charge in [0.25, 0.3) is 11.5 Å². The second kappa shape index (κ2) is 6.82. The van der Waals surface area contributed by atoms with Gasteiger partial charge in [-0.05, 0) is 43.4 Å². The number of carbonyl (C=O) groups excluding carboxylic acids is 1. The van der Waals surface area contributed by atoms with E-state index in [2.05, 4.69) is 11.9 Å². The zero-order chi connectivity index (χ0) is 16.2. The summed E-state index contributed by atoms with van der Waals surface area (Å²) < 4.78 is 0. The maximum atomic E-state index is 12.7. The van der Waals surface area contributed by atoms with Gasteiger partial charge in [0.1, 0.15) is 5.56 Å². The maximum Gasteiger partial charge on any atom is 0.261 e. The molecule has 2 aromatic rings. The number of carbonyl (C=O) groups is 1. The third-order valence-corrected chi connectivity index (χ3v) is 4.58. The Morgan fingerprint density at radius 2 is 1.96 bits per heavy atom. The molecule has 1 fully saturated rings. The molecule has 4 heteroatoms. The first-order chi connectivity index (χ1) is 11.2. The lowest BCUT2D eigenvalue weighted by Crippen LogP contribution is -2.45. The van der Waals surface area contributed by atoms with Gasteiger partial charge in [0.05, 0.1) is 0 Å². The molecule has 1 amide bonds. The highest BCUT2D eigenvalue weighted by molar-refractivity contribution is 5.94. The van der Waals surface area contributed by atoms with Gasteiger partial charge in [-0.1, -0.05) is 37.3 Å². The summed E-state index contributed by atoms with van der Waals surface area (Å²) in [6, 6.07) is 13.4. The van der Waals surface area contributed by atoms with Crippen LogP contribution in [0.4, 0.5) is 0 Å². The van der Waals surface area contributed by atoms with Crippen molar-refractivity contribution < 1.29 is 4.79 Å². The number of H-pyrrole nitrogens is 1. The minimum absolute atomic E-state index is 0.141. The average Bonchev–Trinajstić information content (AvgIpc) is 2.61. The molecular weight excluding hydrogens is 288 g/mol. The molecule has 0 bridgehead atoms. The van der Waals surface area contributed by atoms with Crippen molar-refractivity contribution in [3.8, 4) is 11.3 Å². The summed E-state index contributed by atoms with van der Waals surface area (Å²) in [4.78, 5) is 29.8. The topological polar surface area (TPSA) is 53.2 Å². The van der Waals surface area contributed by atoms with E-state index in [4.69, 9.17) is 0 Å². The minimum Gasteiger partial charge on any atom is -0.336 e. The zero-order valence-corrected chi connectivity index (χ0v) is 13.4. The number of nitrogens with zero attached hydrogens (tertiary/aromatic N) is 1. The molecule has 4 nitrogen and oxygen atoms in total. The van der Waals surface area contributed by atoms with Gasteiger partial charge in [0, 0.05) is 18.3 Å². The molecule has 3 rings (SSSR count). The highest BCUT2D eigenvalue weighted by Crippen LogP contribution is 2.21. The van der Waals surface area contributed by atoms with Crippen molar-refractivity contribution in [3.63, 3.8) is 0 Å². The summed E-state index contributed by atoms with van der Waals surface area (Å²) >= 11 is 0. The van der Waals surface area contributed by atoms with Gasteiger partial charge in [0.15, 0.2) is 0 Å². The van der Waals surface area contributed by atoms with Crippen LogP contribution in [-0.4, -0.2) is 28.4 Å². The number of hydrogen-bond donors (Lipinski definition) is 1. The van der Waals surface area contributed by atoms with Gasteiger partial charge >= 0.3 is 0 Å². The smallest absolute Gasteiger partial charge is 0.261 e. The SMILES string of the molecule is CCC1CCCCN1C(=O)c1ccc(-c2ccccc2)[nH]c1=O. The summed E-state index contributed by atoms with van der Waals surface area (Å²) in [6.45, 7) is 2.84. The lowest BCUT2D eigenvalue weighted by Gasteiger charge is -2.35. The molecule has 1 unspecified atom stereocenters. The summed E-state index contributed by atoms with van der Waals surface area (Å²) in [5.41, 5.74) is 1.60. The number of hydrogen-bond acceptors (Lipinski definition) is 2. The maximum absolute atomic E-state index is 12.7. The largest absolute Gasteiger partial charge is 0.336 e. The molecule has 1 aromatic heterocycles. The van der Waals surface area contributed by atoms with Crippen LogP contribution in [0.1, 0.15) is 43.0 Å². The molecule has 1 N–H and O–H groups in total. The summed E-state index contributed by atoms with van der Waals surface area (Å²) in [6.07, 6.45) is 4.14. The van der Waals surface area contributed by atoms with E-state index < -0.39 is 0 Å². The Hall–Kier alpha value is -2.36. The molecule has 1 aliphatic heterocycles. The van der Waals surface area contributed by atoms with Crippen molar-refractivity contribution in [2.45, 2.75) is 38.6 Å². The number of likely N-dealkylation sites (tertiary alicyclic amines) is 1. The number of rotatable bonds is 3. The second-order valence-electron chi connectivity index (χ2n) is 6.04. The molecule has 0 radical (unpaired) electrons. The fourth-order valence-electron chi connectivity index (χ4n) is 3.28. The minimum atomic E-state index is -0.309. The molecular formula is C19H22N2O2. The predicted molar refractivity (Wildman–Crippen MR) is 91.5 cm³/mol. The number of nitrogens with one attached hydrogen (secondary N) is 1. The number of amides is 1. The molecule has 1 aliphatic rings. The number of benzene rings is 1. The Balaban J connectivity index is 1.89. The molecule has 1 atom stereocenters. The van der Waals surface area contributed by atoms with Gasteiger partial charge in [-0.2, -0.15) is 0 Å². The third-order valence-electron chi connectivity index (χ3n) is 4.58. The van der Waals surface area contributed by atoms with Gasteiger partial charge in [-0.15, -0.1) is 0 Å². The Labute approximate surface area is 136 Å². The van der Waals surface area contributed by atoms with E-state index in [1.54, 1.807) is 6.07 Å². The lowest BCUT2D eigenvalue weighted by molar-refractivity contribution is 0.0606. The molecule has 0 aliphatic carbocycles. The van der Waals surface area contributed by atoms with Crippen LogP contribution in [0.5, 0.6) is 0 Å². The van der Waals surface area contributed by atoms with Crippen LogP contribution < -0.4 is 5.56 Å². The van der Waals surface area contributed by atoms with Crippen LogP contribution >= 0.6 is 0 Å². The standard InChI is InChI=1S/C19H22N2O2/c1-2-15-10-6-7-13-21(15)19(23)16-11-12-17(20-18(16)22)14-8-4-3-5-9-14/h3-5,8-9,11-12,15H,2,6-7,10,13H2,1H3,(H,20,22). The highest BCUT2D eigenvalue weighted by Gasteiger charge is 2.27. The molecule has 23 heavy (non-hydrogen) atoms. The molecule has 120 valence electrons. The van der Waals surface area contributed by atoms with Crippen molar-refractivity contribution in [2.75, 3.05) is 6.54 Å². The van der Waals surface area contributed by atoms with Gasteiger partial charge in [-0.25, -0.2) is 0 Å². The molecule has 2 heterocycles. The van der Waals surface area contributed by atoms with Gasteiger partial charge in [0.2, 0.25) is 0 Å². The summed E-state index contributed by atoms with van der Waals surface area (Å²) in [5.74, 6) is -0.141. The molecule has 0 saturated carbocycles. The third kappa shape index (κ3) is 3.21. The Bertz CT molecular complexity index is 737. The van der Waals surface area contributed by atoms with Crippen LogP contribution in [0.25, 0.3) is 11.3 Å². The zero-order valence-electron chi connectivity index (χ0n) is 13.4. The summed E-state index contributed by atoms with van der Waals surface area (Å²) in [5, 5.41) is 0. The number of aromatic nitrogens is 1. The van der Waals surface area contributed by atoms with E-state index in [0.29, 0.717) is 0 Å². The van der Waals surface area contributed by atoms with E-state index >= 15 is 0 Å². The van der Waals surface area contributed by atoms with Crippen LogP contribution in [0, 0.1) is 0 Å². The van der Waals surface area contributed by atoms with E-state index in [1.165, 1.54) is 0 Å². The summed E-state index contributed by atoms with van der Waals surface area (Å²) in [7, 11) is 0. The van der Waals surface area contributed by atoms with E-state index in [-0.39, 0.29) is 23.1 Å². The van der Waals surface area contributed by atoms with Crippen molar-refractivity contribution in [1.29, 1.82) is 0 Å². The first-order valence-electron chi connectivity index (χ1n) is 8.30. The lowest BCUT2D eigenvalue weighted by atomic mass is 9.99.